The van der Waals surface area contributed by atoms with Gasteiger partial charge in [0.15, 0.2) is 5.82 Å². The minimum absolute atomic E-state index is 0.225. The lowest BCUT2D eigenvalue weighted by Crippen LogP contribution is -2.29. The summed E-state index contributed by atoms with van der Waals surface area (Å²) in [7, 11) is 0. The Labute approximate surface area is 192 Å². The van der Waals surface area contributed by atoms with Crippen LogP contribution >= 0.6 is 0 Å². The topological polar surface area (TPSA) is 73.5 Å². The molecule has 8 heteroatoms. The Balaban J connectivity index is 1.34. The van der Waals surface area contributed by atoms with E-state index in [1.165, 1.54) is 0 Å². The summed E-state index contributed by atoms with van der Waals surface area (Å²) in [5.41, 5.74) is 4.86. The van der Waals surface area contributed by atoms with Gasteiger partial charge in [-0.3, -0.25) is 9.36 Å². The first-order chi connectivity index (χ1) is 16.2. The first-order valence-electron chi connectivity index (χ1n) is 11.5. The molecule has 33 heavy (non-hydrogen) atoms. The molecule has 1 aromatic carbocycles. The molecular weight excluding hydrogens is 417 g/mol. The molecule has 4 aromatic rings. The number of piperidine rings is 1. The Hall–Kier alpha value is -3.39. The lowest BCUT2D eigenvalue weighted by atomic mass is 10.1. The van der Waals surface area contributed by atoms with Crippen molar-refractivity contribution in [2.45, 2.75) is 38.3 Å². The van der Waals surface area contributed by atoms with Gasteiger partial charge in [-0.05, 0) is 44.0 Å². The highest BCUT2D eigenvalue weighted by molar-refractivity contribution is 5.70. The van der Waals surface area contributed by atoms with E-state index in [1.54, 1.807) is 10.9 Å². The normalized spacial score (nSPS) is 15.6. The summed E-state index contributed by atoms with van der Waals surface area (Å²) in [6.45, 7) is 3.61. The summed E-state index contributed by atoms with van der Waals surface area (Å²) in [4.78, 5) is 9.23. The fourth-order valence-electron chi connectivity index (χ4n) is 4.28. The third kappa shape index (κ3) is 4.57. The summed E-state index contributed by atoms with van der Waals surface area (Å²) < 4.78 is 17.0. The predicted molar refractivity (Wildman–Crippen MR) is 126 cm³/mol. The molecule has 0 bridgehead atoms. The molecule has 0 aliphatic carbocycles. The molecule has 1 saturated heterocycles. The Morgan fingerprint density at radius 2 is 1.67 bits per heavy atom. The van der Waals surface area contributed by atoms with E-state index in [4.69, 9.17) is 0 Å². The van der Waals surface area contributed by atoms with E-state index in [0.717, 1.165) is 53.7 Å². The zero-order chi connectivity index (χ0) is 22.6. The number of benzene rings is 1. The largest absolute Gasteiger partial charge is 0.317 e. The Kier molecular flexibility index (Phi) is 6.26. The van der Waals surface area contributed by atoms with Gasteiger partial charge in [-0.1, -0.05) is 25.1 Å². The van der Waals surface area contributed by atoms with Crippen LogP contribution in [0.2, 0.25) is 0 Å². The van der Waals surface area contributed by atoms with Crippen molar-refractivity contribution in [3.8, 4) is 33.6 Å². The number of rotatable bonds is 7. The van der Waals surface area contributed by atoms with Crippen molar-refractivity contribution in [2.24, 2.45) is 0 Å². The lowest BCUT2D eigenvalue weighted by molar-refractivity contribution is 0.327. The molecule has 0 spiro atoms. The SMILES string of the molecule is CCC(CF)n1cc(-c2cccc(-c3ncc(-c4cnn(C5CCNCC5)c4)cn3)c2)cn1. The van der Waals surface area contributed by atoms with E-state index in [0.29, 0.717) is 18.3 Å². The van der Waals surface area contributed by atoms with Crippen LogP contribution in [0.5, 0.6) is 0 Å². The van der Waals surface area contributed by atoms with Crippen molar-refractivity contribution in [2.75, 3.05) is 19.8 Å². The van der Waals surface area contributed by atoms with E-state index < -0.39 is 6.67 Å². The van der Waals surface area contributed by atoms with E-state index in [1.807, 2.05) is 56.0 Å². The van der Waals surface area contributed by atoms with Crippen molar-refractivity contribution in [3.63, 3.8) is 0 Å². The molecule has 0 amide bonds. The van der Waals surface area contributed by atoms with Crippen molar-refractivity contribution in [3.05, 3.63) is 61.4 Å². The number of aromatic nitrogens is 6. The van der Waals surface area contributed by atoms with E-state index >= 15 is 0 Å². The lowest BCUT2D eigenvalue weighted by Gasteiger charge is -2.22. The molecule has 1 atom stereocenters. The Morgan fingerprint density at radius 1 is 0.939 bits per heavy atom. The van der Waals surface area contributed by atoms with Gasteiger partial charge in [-0.25, -0.2) is 14.4 Å². The summed E-state index contributed by atoms with van der Waals surface area (Å²) in [6.07, 6.45) is 14.3. The van der Waals surface area contributed by atoms with Crippen LogP contribution in [0.1, 0.15) is 38.3 Å². The van der Waals surface area contributed by atoms with Gasteiger partial charge >= 0.3 is 0 Å². The second-order valence-electron chi connectivity index (χ2n) is 8.49. The predicted octanol–water partition coefficient (Wildman–Crippen LogP) is 4.72. The molecule has 1 aliphatic rings. The number of hydrogen-bond acceptors (Lipinski definition) is 5. The maximum absolute atomic E-state index is 13.2. The Bertz CT molecular complexity index is 1190. The quantitative estimate of drug-likeness (QED) is 0.446. The van der Waals surface area contributed by atoms with Gasteiger partial charge in [0.05, 0.1) is 24.5 Å². The maximum Gasteiger partial charge on any atom is 0.159 e. The van der Waals surface area contributed by atoms with Crippen LogP contribution in [0, 0.1) is 0 Å². The number of nitrogens with one attached hydrogen (secondary N) is 1. The molecular formula is C25H28FN7. The molecule has 3 aromatic heterocycles. The molecule has 1 aliphatic heterocycles. The zero-order valence-corrected chi connectivity index (χ0v) is 18.7. The van der Waals surface area contributed by atoms with E-state index in [2.05, 4.69) is 36.4 Å². The summed E-state index contributed by atoms with van der Waals surface area (Å²) in [6, 6.07) is 8.26. The molecule has 170 valence electrons. The molecule has 7 nitrogen and oxygen atoms in total. The first-order valence-corrected chi connectivity index (χ1v) is 11.5. The van der Waals surface area contributed by atoms with Gasteiger partial charge in [0.1, 0.15) is 6.67 Å². The fourth-order valence-corrected chi connectivity index (χ4v) is 4.28. The van der Waals surface area contributed by atoms with E-state index in [-0.39, 0.29) is 6.04 Å². The summed E-state index contributed by atoms with van der Waals surface area (Å²) in [5.74, 6) is 0.661. The number of alkyl halides is 1. The highest BCUT2D eigenvalue weighted by Crippen LogP contribution is 2.27. The maximum atomic E-state index is 13.2. The van der Waals surface area contributed by atoms with Gasteiger partial charge in [0.25, 0.3) is 0 Å². The van der Waals surface area contributed by atoms with Crippen LogP contribution in [0.15, 0.2) is 61.4 Å². The summed E-state index contributed by atoms with van der Waals surface area (Å²) in [5, 5.41) is 12.3. The molecule has 5 rings (SSSR count). The van der Waals surface area contributed by atoms with Gasteiger partial charge in [-0.15, -0.1) is 0 Å². The molecule has 0 saturated carbocycles. The average molecular weight is 446 g/mol. The van der Waals surface area contributed by atoms with Crippen molar-refractivity contribution >= 4 is 0 Å². The zero-order valence-electron chi connectivity index (χ0n) is 18.7. The molecule has 0 radical (unpaired) electrons. The number of nitrogens with zero attached hydrogens (tertiary/aromatic N) is 6. The van der Waals surface area contributed by atoms with Crippen molar-refractivity contribution in [1.82, 2.24) is 34.8 Å². The average Bonchev–Trinajstić information content (AvgIpc) is 3.57. The monoisotopic (exact) mass is 445 g/mol. The van der Waals surface area contributed by atoms with Crippen LogP contribution < -0.4 is 5.32 Å². The van der Waals surface area contributed by atoms with Crippen LogP contribution in [-0.4, -0.2) is 49.3 Å². The number of hydrogen-bond donors (Lipinski definition) is 1. The van der Waals surface area contributed by atoms with Crippen LogP contribution in [0.4, 0.5) is 4.39 Å². The van der Waals surface area contributed by atoms with Gasteiger partial charge in [-0.2, -0.15) is 10.2 Å². The van der Waals surface area contributed by atoms with Gasteiger partial charge in [0, 0.05) is 47.0 Å². The van der Waals surface area contributed by atoms with Gasteiger partial charge in [0.2, 0.25) is 0 Å². The van der Waals surface area contributed by atoms with E-state index in [9.17, 15) is 4.39 Å². The fraction of sp³-hybridized carbons (Fsp3) is 0.360. The first kappa shape index (κ1) is 21.5. The van der Waals surface area contributed by atoms with Crippen LogP contribution in [0.3, 0.4) is 0 Å². The van der Waals surface area contributed by atoms with Crippen molar-refractivity contribution < 1.29 is 4.39 Å². The Morgan fingerprint density at radius 3 is 2.42 bits per heavy atom. The highest BCUT2D eigenvalue weighted by atomic mass is 19.1. The second-order valence-corrected chi connectivity index (χ2v) is 8.49. The molecule has 4 heterocycles. The highest BCUT2D eigenvalue weighted by Gasteiger charge is 2.16. The standard InChI is InChI=1S/C25H28FN7/c1-2-23(11-26)32-16-21(14-30-32)18-4-3-5-19(10-18)25-28-12-20(13-29-25)22-15-31-33(17-22)24-6-8-27-9-7-24/h3-5,10,12-17,23-24,27H,2,6-9,11H2,1H3. The smallest absolute Gasteiger partial charge is 0.159 e. The molecule has 1 unspecified atom stereocenters. The third-order valence-electron chi connectivity index (χ3n) is 6.35. The minimum Gasteiger partial charge on any atom is -0.317 e. The summed E-state index contributed by atoms with van der Waals surface area (Å²) >= 11 is 0. The van der Waals surface area contributed by atoms with Gasteiger partial charge < -0.3 is 5.32 Å². The van der Waals surface area contributed by atoms with Crippen LogP contribution in [-0.2, 0) is 0 Å². The minimum atomic E-state index is -0.422. The third-order valence-corrected chi connectivity index (χ3v) is 6.35. The van der Waals surface area contributed by atoms with Crippen molar-refractivity contribution in [1.29, 1.82) is 0 Å². The number of halogens is 1. The van der Waals surface area contributed by atoms with Crippen LogP contribution in [0.25, 0.3) is 33.6 Å². The molecule has 1 N–H and O–H groups in total. The second kappa shape index (κ2) is 9.62. The molecule has 1 fully saturated rings.